The van der Waals surface area contributed by atoms with Gasteiger partial charge in [-0.1, -0.05) is 30.3 Å². The van der Waals surface area contributed by atoms with Crippen LogP contribution in [0.4, 0.5) is 4.79 Å². The van der Waals surface area contributed by atoms with E-state index in [0.717, 1.165) is 5.56 Å². The van der Waals surface area contributed by atoms with Crippen LogP contribution >= 0.6 is 0 Å². The van der Waals surface area contributed by atoms with Crippen molar-refractivity contribution in [2.24, 2.45) is 0 Å². The van der Waals surface area contributed by atoms with Crippen LogP contribution < -0.4 is 5.43 Å². The molecule has 0 saturated carbocycles. The summed E-state index contributed by atoms with van der Waals surface area (Å²) >= 11 is 0. The molecule has 0 atom stereocenters. The summed E-state index contributed by atoms with van der Waals surface area (Å²) < 4.78 is 5.18. The zero-order valence-corrected chi connectivity index (χ0v) is 13.7. The van der Waals surface area contributed by atoms with Crippen molar-refractivity contribution in [3.63, 3.8) is 0 Å². The fraction of sp³-hybridized carbons (Fsp3) is 0.500. The fourth-order valence-electron chi connectivity index (χ4n) is 2.32. The molecular formula is C16H24N4O3. The van der Waals surface area contributed by atoms with Gasteiger partial charge in [-0.2, -0.15) is 0 Å². The van der Waals surface area contributed by atoms with Gasteiger partial charge in [0.05, 0.1) is 6.54 Å². The van der Waals surface area contributed by atoms with Gasteiger partial charge < -0.3 is 14.5 Å². The van der Waals surface area contributed by atoms with Crippen molar-refractivity contribution in [1.82, 2.24) is 20.2 Å². The van der Waals surface area contributed by atoms with Crippen LogP contribution in [-0.2, 0) is 16.1 Å². The smallest absolute Gasteiger partial charge is 0.422 e. The summed E-state index contributed by atoms with van der Waals surface area (Å²) in [6.45, 7) is 3.05. The van der Waals surface area contributed by atoms with E-state index < -0.39 is 6.09 Å². The average Bonchev–Trinajstić information content (AvgIpc) is 2.54. The molecular weight excluding hydrogens is 296 g/mol. The number of nitrogens with one attached hydrogen (secondary N) is 1. The molecule has 7 heteroatoms. The van der Waals surface area contributed by atoms with E-state index in [0.29, 0.717) is 32.7 Å². The van der Waals surface area contributed by atoms with Gasteiger partial charge in [-0.25, -0.2) is 9.80 Å². The Balaban J connectivity index is 1.67. The molecule has 7 nitrogen and oxygen atoms in total. The summed E-state index contributed by atoms with van der Waals surface area (Å²) in [5.74, 6) is 0.112. The van der Waals surface area contributed by atoms with Crippen LogP contribution in [0.3, 0.4) is 0 Å². The number of rotatable bonds is 5. The van der Waals surface area contributed by atoms with Gasteiger partial charge in [-0.3, -0.25) is 10.2 Å². The molecule has 1 aromatic carbocycles. The summed E-state index contributed by atoms with van der Waals surface area (Å²) in [6, 6.07) is 9.53. The highest BCUT2D eigenvalue weighted by Gasteiger charge is 2.22. The summed E-state index contributed by atoms with van der Waals surface area (Å²) in [5.41, 5.74) is 3.66. The molecule has 2 amide bonds. The van der Waals surface area contributed by atoms with Crippen LogP contribution in [0, 0.1) is 0 Å². The fourth-order valence-corrected chi connectivity index (χ4v) is 2.32. The van der Waals surface area contributed by atoms with Gasteiger partial charge in [0.15, 0.2) is 0 Å². The largest absolute Gasteiger partial charge is 0.444 e. The second-order valence-corrected chi connectivity index (χ2v) is 5.78. The molecule has 1 saturated heterocycles. The van der Waals surface area contributed by atoms with Crippen LogP contribution in [0.15, 0.2) is 30.3 Å². The molecule has 1 aliphatic rings. The quantitative estimate of drug-likeness (QED) is 0.857. The van der Waals surface area contributed by atoms with Crippen molar-refractivity contribution in [1.29, 1.82) is 0 Å². The number of piperazine rings is 1. The van der Waals surface area contributed by atoms with Crippen LogP contribution in [0.2, 0.25) is 0 Å². The van der Waals surface area contributed by atoms with E-state index in [4.69, 9.17) is 4.74 Å². The van der Waals surface area contributed by atoms with Crippen LogP contribution in [-0.4, -0.2) is 73.6 Å². The van der Waals surface area contributed by atoms with Crippen LogP contribution in [0.25, 0.3) is 0 Å². The SMILES string of the molecule is CN(C)CC(=O)N1CCN(NC(=O)OCc2ccccc2)CC1. The zero-order chi connectivity index (χ0) is 16.7. The van der Waals surface area contributed by atoms with Crippen molar-refractivity contribution in [2.45, 2.75) is 6.61 Å². The minimum Gasteiger partial charge on any atom is -0.444 e. The molecule has 1 aliphatic heterocycles. The van der Waals surface area contributed by atoms with E-state index in [1.54, 1.807) is 5.01 Å². The lowest BCUT2D eigenvalue weighted by Crippen LogP contribution is -2.55. The van der Waals surface area contributed by atoms with Gasteiger partial charge in [0, 0.05) is 26.2 Å². The predicted octanol–water partition coefficient (Wildman–Crippen LogP) is 0.534. The minimum absolute atomic E-state index is 0.112. The van der Waals surface area contributed by atoms with E-state index in [-0.39, 0.29) is 12.5 Å². The molecule has 1 N–H and O–H groups in total. The molecule has 126 valence electrons. The molecule has 1 fully saturated rings. The Bertz CT molecular complexity index is 513. The Labute approximate surface area is 136 Å². The minimum atomic E-state index is -0.470. The maximum absolute atomic E-state index is 12.0. The van der Waals surface area contributed by atoms with Gasteiger partial charge in [0.2, 0.25) is 5.91 Å². The Morgan fingerprint density at radius 3 is 2.39 bits per heavy atom. The monoisotopic (exact) mass is 320 g/mol. The van der Waals surface area contributed by atoms with E-state index in [1.807, 2.05) is 54.2 Å². The third-order valence-electron chi connectivity index (χ3n) is 3.55. The Hall–Kier alpha value is -2.12. The number of benzene rings is 1. The average molecular weight is 320 g/mol. The highest BCUT2D eigenvalue weighted by Crippen LogP contribution is 2.03. The third-order valence-corrected chi connectivity index (χ3v) is 3.55. The summed E-state index contributed by atoms with van der Waals surface area (Å²) in [6.07, 6.45) is -0.470. The maximum Gasteiger partial charge on any atom is 0.422 e. The predicted molar refractivity (Wildman–Crippen MR) is 86.5 cm³/mol. The lowest BCUT2D eigenvalue weighted by atomic mass is 10.2. The Morgan fingerprint density at radius 2 is 1.78 bits per heavy atom. The molecule has 23 heavy (non-hydrogen) atoms. The first-order chi connectivity index (χ1) is 11.0. The first-order valence-corrected chi connectivity index (χ1v) is 7.69. The summed E-state index contributed by atoms with van der Waals surface area (Å²) in [4.78, 5) is 27.4. The normalized spacial score (nSPS) is 15.5. The zero-order valence-electron chi connectivity index (χ0n) is 13.7. The van der Waals surface area contributed by atoms with Crippen molar-refractivity contribution in [3.8, 4) is 0 Å². The molecule has 0 bridgehead atoms. The number of hydrazine groups is 1. The second kappa shape index (κ2) is 8.50. The lowest BCUT2D eigenvalue weighted by molar-refractivity contribution is -0.133. The summed E-state index contributed by atoms with van der Waals surface area (Å²) in [5, 5.41) is 1.78. The second-order valence-electron chi connectivity index (χ2n) is 5.78. The number of carbonyl (C=O) groups excluding carboxylic acids is 2. The Kier molecular flexibility index (Phi) is 6.37. The van der Waals surface area contributed by atoms with Crippen molar-refractivity contribution < 1.29 is 14.3 Å². The first-order valence-electron chi connectivity index (χ1n) is 7.69. The lowest BCUT2D eigenvalue weighted by Gasteiger charge is -2.34. The molecule has 0 spiro atoms. The number of nitrogens with zero attached hydrogens (tertiary/aromatic N) is 3. The molecule has 0 unspecified atom stereocenters. The van der Waals surface area contributed by atoms with Crippen LogP contribution in [0.1, 0.15) is 5.56 Å². The van der Waals surface area contributed by atoms with E-state index in [2.05, 4.69) is 5.43 Å². The Morgan fingerprint density at radius 1 is 1.13 bits per heavy atom. The maximum atomic E-state index is 12.0. The molecule has 1 heterocycles. The van der Waals surface area contributed by atoms with Crippen molar-refractivity contribution in [2.75, 3.05) is 46.8 Å². The standard InChI is InChI=1S/C16H24N4O3/c1-18(2)12-15(21)19-8-10-20(11-9-19)17-16(22)23-13-14-6-4-3-5-7-14/h3-7H,8-13H2,1-2H3,(H,17,22). The van der Waals surface area contributed by atoms with Crippen LogP contribution in [0.5, 0.6) is 0 Å². The number of hydrogen-bond donors (Lipinski definition) is 1. The van der Waals surface area contributed by atoms with E-state index in [1.165, 1.54) is 0 Å². The molecule has 0 aliphatic carbocycles. The van der Waals surface area contributed by atoms with Crippen molar-refractivity contribution in [3.05, 3.63) is 35.9 Å². The number of ether oxygens (including phenoxy) is 1. The topological polar surface area (TPSA) is 65.1 Å². The van der Waals surface area contributed by atoms with E-state index in [9.17, 15) is 9.59 Å². The number of amides is 2. The number of likely N-dealkylation sites (N-methyl/N-ethyl adjacent to an activating group) is 1. The molecule has 1 aromatic rings. The molecule has 0 aromatic heterocycles. The highest BCUT2D eigenvalue weighted by molar-refractivity contribution is 5.78. The molecule has 2 rings (SSSR count). The first kappa shape index (κ1) is 17.2. The van der Waals surface area contributed by atoms with E-state index >= 15 is 0 Å². The van der Waals surface area contributed by atoms with Gasteiger partial charge in [-0.15, -0.1) is 0 Å². The van der Waals surface area contributed by atoms with Crippen molar-refractivity contribution >= 4 is 12.0 Å². The third kappa shape index (κ3) is 5.88. The number of hydrogen-bond acceptors (Lipinski definition) is 5. The summed E-state index contributed by atoms with van der Waals surface area (Å²) in [7, 11) is 3.75. The number of carbonyl (C=O) groups is 2. The highest BCUT2D eigenvalue weighted by atomic mass is 16.6. The molecule has 0 radical (unpaired) electrons. The van der Waals surface area contributed by atoms with Gasteiger partial charge >= 0.3 is 6.09 Å². The van der Waals surface area contributed by atoms with Gasteiger partial charge in [0.25, 0.3) is 0 Å². The van der Waals surface area contributed by atoms with Gasteiger partial charge in [0.1, 0.15) is 6.61 Å². The van der Waals surface area contributed by atoms with Gasteiger partial charge in [-0.05, 0) is 19.7 Å².